The first kappa shape index (κ1) is 14.9. The molecule has 1 saturated heterocycles. The second-order valence-electron chi connectivity index (χ2n) is 3.98. The van der Waals surface area contributed by atoms with Gasteiger partial charge in [0, 0.05) is 5.57 Å². The van der Waals surface area contributed by atoms with Gasteiger partial charge in [-0.25, -0.2) is 4.79 Å². The van der Waals surface area contributed by atoms with Gasteiger partial charge < -0.3 is 9.47 Å². The number of alkyl halides is 5. The van der Waals surface area contributed by atoms with Crippen molar-refractivity contribution in [1.29, 1.82) is 0 Å². The highest BCUT2D eigenvalue weighted by Gasteiger charge is 2.66. The Balaban J connectivity index is 2.56. The lowest BCUT2D eigenvalue weighted by Gasteiger charge is -2.41. The van der Waals surface area contributed by atoms with E-state index in [9.17, 15) is 26.7 Å². The van der Waals surface area contributed by atoms with Gasteiger partial charge in [-0.15, -0.1) is 0 Å². The molecule has 0 aliphatic carbocycles. The standard InChI is InChI=1S/C10H11F5O3/c1-5(2)8(16)18-4-7-6(3-17-7)9(11,12)10(13,14)15/h6-7H,1,3-4H2,2H3. The van der Waals surface area contributed by atoms with Crippen LogP contribution in [0, 0.1) is 5.92 Å². The van der Waals surface area contributed by atoms with E-state index in [-0.39, 0.29) is 5.57 Å². The molecule has 0 aromatic carbocycles. The van der Waals surface area contributed by atoms with Crippen molar-refractivity contribution < 1.29 is 36.2 Å². The highest BCUT2D eigenvalue weighted by Crippen LogP contribution is 2.46. The van der Waals surface area contributed by atoms with Crippen LogP contribution >= 0.6 is 0 Å². The Morgan fingerprint density at radius 1 is 1.39 bits per heavy atom. The molecule has 8 heteroatoms. The number of hydrogen-bond donors (Lipinski definition) is 0. The van der Waals surface area contributed by atoms with E-state index in [1.54, 1.807) is 0 Å². The summed E-state index contributed by atoms with van der Waals surface area (Å²) >= 11 is 0. The number of hydrogen-bond acceptors (Lipinski definition) is 3. The lowest BCUT2D eigenvalue weighted by molar-refractivity contribution is -0.345. The predicted octanol–water partition coefficient (Wildman–Crippen LogP) is 2.32. The summed E-state index contributed by atoms with van der Waals surface area (Å²) in [6, 6.07) is 0. The molecular weight excluding hydrogens is 263 g/mol. The van der Waals surface area contributed by atoms with E-state index >= 15 is 0 Å². The summed E-state index contributed by atoms with van der Waals surface area (Å²) in [5.41, 5.74) is 0.0217. The summed E-state index contributed by atoms with van der Waals surface area (Å²) in [7, 11) is 0. The molecular formula is C10H11F5O3. The topological polar surface area (TPSA) is 35.5 Å². The van der Waals surface area contributed by atoms with Crippen LogP contribution in [0.2, 0.25) is 0 Å². The molecule has 0 saturated carbocycles. The van der Waals surface area contributed by atoms with Crippen molar-refractivity contribution in [2.75, 3.05) is 13.2 Å². The number of esters is 1. The van der Waals surface area contributed by atoms with Crippen LogP contribution in [-0.2, 0) is 14.3 Å². The zero-order valence-corrected chi connectivity index (χ0v) is 9.39. The zero-order chi connectivity index (χ0) is 14.1. The Labute approximate surface area is 99.5 Å². The first-order valence-electron chi connectivity index (χ1n) is 4.96. The zero-order valence-electron chi connectivity index (χ0n) is 9.39. The number of rotatable bonds is 4. The Kier molecular flexibility index (Phi) is 3.99. The van der Waals surface area contributed by atoms with Crippen LogP contribution in [-0.4, -0.2) is 37.4 Å². The second kappa shape index (κ2) is 4.83. The summed E-state index contributed by atoms with van der Waals surface area (Å²) in [5.74, 6) is -7.75. The molecule has 1 rings (SSSR count). The lowest BCUT2D eigenvalue weighted by Crippen LogP contribution is -2.58. The SMILES string of the molecule is C=C(C)C(=O)OCC1OCC1C(F)(F)C(F)(F)F. The summed E-state index contributed by atoms with van der Waals surface area (Å²) in [6.07, 6.45) is -7.09. The molecule has 0 amide bonds. The lowest BCUT2D eigenvalue weighted by atomic mass is 9.91. The largest absolute Gasteiger partial charge is 0.460 e. The van der Waals surface area contributed by atoms with Gasteiger partial charge in [-0.1, -0.05) is 6.58 Å². The van der Waals surface area contributed by atoms with Crippen molar-refractivity contribution in [3.63, 3.8) is 0 Å². The fourth-order valence-electron chi connectivity index (χ4n) is 1.32. The minimum absolute atomic E-state index is 0.0217. The van der Waals surface area contributed by atoms with E-state index in [4.69, 9.17) is 0 Å². The van der Waals surface area contributed by atoms with Crippen LogP contribution in [0.15, 0.2) is 12.2 Å². The fraction of sp³-hybridized carbons (Fsp3) is 0.700. The van der Waals surface area contributed by atoms with Crippen molar-refractivity contribution in [2.45, 2.75) is 25.1 Å². The number of carbonyl (C=O) groups is 1. The molecule has 0 spiro atoms. The third-order valence-electron chi connectivity index (χ3n) is 2.51. The van der Waals surface area contributed by atoms with Gasteiger partial charge in [0.15, 0.2) is 0 Å². The van der Waals surface area contributed by atoms with Crippen molar-refractivity contribution in [1.82, 2.24) is 0 Å². The van der Waals surface area contributed by atoms with Gasteiger partial charge in [-0.3, -0.25) is 0 Å². The van der Waals surface area contributed by atoms with E-state index in [0.29, 0.717) is 0 Å². The Morgan fingerprint density at radius 2 is 1.94 bits per heavy atom. The van der Waals surface area contributed by atoms with E-state index < -0.39 is 43.3 Å². The van der Waals surface area contributed by atoms with Gasteiger partial charge >= 0.3 is 18.1 Å². The summed E-state index contributed by atoms with van der Waals surface area (Å²) in [5, 5.41) is 0. The Bertz CT molecular complexity index is 350. The van der Waals surface area contributed by atoms with Crippen LogP contribution in [0.5, 0.6) is 0 Å². The van der Waals surface area contributed by atoms with Crippen LogP contribution in [0.3, 0.4) is 0 Å². The minimum Gasteiger partial charge on any atom is -0.460 e. The first-order chi connectivity index (χ1) is 8.07. The molecule has 1 heterocycles. The third-order valence-corrected chi connectivity index (χ3v) is 2.51. The van der Waals surface area contributed by atoms with E-state index in [0.717, 1.165) is 0 Å². The average molecular weight is 274 g/mol. The van der Waals surface area contributed by atoms with Gasteiger partial charge in [-0.2, -0.15) is 22.0 Å². The predicted molar refractivity (Wildman–Crippen MR) is 50.0 cm³/mol. The van der Waals surface area contributed by atoms with Crippen molar-refractivity contribution in [3.05, 3.63) is 12.2 Å². The molecule has 0 aromatic heterocycles. The molecule has 104 valence electrons. The van der Waals surface area contributed by atoms with Crippen LogP contribution in [0.1, 0.15) is 6.92 Å². The van der Waals surface area contributed by atoms with Crippen LogP contribution in [0.4, 0.5) is 22.0 Å². The smallest absolute Gasteiger partial charge is 0.453 e. The van der Waals surface area contributed by atoms with Crippen LogP contribution < -0.4 is 0 Å². The molecule has 0 N–H and O–H groups in total. The maximum absolute atomic E-state index is 12.9. The highest BCUT2D eigenvalue weighted by atomic mass is 19.4. The first-order valence-corrected chi connectivity index (χ1v) is 4.96. The molecule has 0 radical (unpaired) electrons. The number of halogens is 5. The maximum Gasteiger partial charge on any atom is 0.453 e. The molecule has 0 aromatic rings. The number of ether oxygens (including phenoxy) is 2. The van der Waals surface area contributed by atoms with E-state index in [1.165, 1.54) is 6.92 Å². The number of carbonyl (C=O) groups excluding carboxylic acids is 1. The molecule has 1 fully saturated rings. The summed E-state index contributed by atoms with van der Waals surface area (Å²) < 4.78 is 71.2. The summed E-state index contributed by atoms with van der Waals surface area (Å²) in [6.45, 7) is 3.19. The van der Waals surface area contributed by atoms with Gasteiger partial charge in [0.05, 0.1) is 12.5 Å². The monoisotopic (exact) mass is 274 g/mol. The Hall–Kier alpha value is -1.18. The molecule has 2 atom stereocenters. The molecule has 2 unspecified atom stereocenters. The fourth-order valence-corrected chi connectivity index (χ4v) is 1.32. The molecule has 0 bridgehead atoms. The Morgan fingerprint density at radius 3 is 2.28 bits per heavy atom. The van der Waals surface area contributed by atoms with Crippen molar-refractivity contribution in [2.24, 2.45) is 5.92 Å². The minimum atomic E-state index is -5.64. The van der Waals surface area contributed by atoms with Gasteiger partial charge in [0.1, 0.15) is 12.7 Å². The van der Waals surface area contributed by atoms with Gasteiger partial charge in [-0.05, 0) is 6.92 Å². The molecule has 3 nitrogen and oxygen atoms in total. The van der Waals surface area contributed by atoms with Gasteiger partial charge in [0.2, 0.25) is 0 Å². The summed E-state index contributed by atoms with van der Waals surface area (Å²) in [4.78, 5) is 11.0. The quantitative estimate of drug-likeness (QED) is 0.448. The normalized spacial score (nSPS) is 24.3. The van der Waals surface area contributed by atoms with E-state index in [1.807, 2.05) is 0 Å². The van der Waals surface area contributed by atoms with Crippen molar-refractivity contribution >= 4 is 5.97 Å². The van der Waals surface area contributed by atoms with E-state index in [2.05, 4.69) is 16.1 Å². The molecule has 18 heavy (non-hydrogen) atoms. The average Bonchev–Trinajstić information content (AvgIpc) is 2.13. The molecule has 1 aliphatic rings. The van der Waals surface area contributed by atoms with Crippen molar-refractivity contribution in [3.8, 4) is 0 Å². The third kappa shape index (κ3) is 2.80. The maximum atomic E-state index is 12.9. The second-order valence-corrected chi connectivity index (χ2v) is 3.98. The highest BCUT2D eigenvalue weighted by molar-refractivity contribution is 5.86. The van der Waals surface area contributed by atoms with Gasteiger partial charge in [0.25, 0.3) is 0 Å². The molecule has 1 aliphatic heterocycles. The van der Waals surface area contributed by atoms with Crippen LogP contribution in [0.25, 0.3) is 0 Å².